The minimum Gasteiger partial charge on any atom is -0.465 e. The summed E-state index contributed by atoms with van der Waals surface area (Å²) in [6.45, 7) is -0.0338. The zero-order chi connectivity index (χ0) is 17.3. The maximum atomic E-state index is 12.2. The number of sulfone groups is 1. The second-order valence-corrected chi connectivity index (χ2v) is 10.9. The van der Waals surface area contributed by atoms with Crippen molar-refractivity contribution in [2.24, 2.45) is 0 Å². The number of thiophene rings is 2. The van der Waals surface area contributed by atoms with E-state index in [1.807, 2.05) is 0 Å². The Hall–Kier alpha value is -1.27. The van der Waals surface area contributed by atoms with Crippen molar-refractivity contribution in [1.82, 2.24) is 4.72 Å². The number of carbonyl (C=O) groups is 1. The van der Waals surface area contributed by atoms with Gasteiger partial charge < -0.3 is 4.74 Å². The lowest BCUT2D eigenvalue weighted by molar-refractivity contribution is 0.0606. The normalized spacial score (nSPS) is 12.3. The number of sulfonamides is 1. The number of hydrogen-bond donors (Lipinski definition) is 1. The average molecular weight is 396 g/mol. The van der Waals surface area contributed by atoms with Crippen LogP contribution in [-0.4, -0.2) is 36.2 Å². The zero-order valence-electron chi connectivity index (χ0n) is 12.1. The lowest BCUT2D eigenvalue weighted by Gasteiger charge is -2.02. The molecule has 0 aliphatic heterocycles. The van der Waals surface area contributed by atoms with E-state index < -0.39 is 25.8 Å². The predicted molar refractivity (Wildman–Crippen MR) is 87.1 cm³/mol. The van der Waals surface area contributed by atoms with Crippen molar-refractivity contribution in [3.8, 4) is 0 Å². The van der Waals surface area contributed by atoms with Crippen LogP contribution in [0.1, 0.15) is 14.5 Å². The van der Waals surface area contributed by atoms with Crippen molar-refractivity contribution < 1.29 is 26.4 Å². The van der Waals surface area contributed by atoms with Crippen LogP contribution < -0.4 is 4.72 Å². The van der Waals surface area contributed by atoms with E-state index in [1.54, 1.807) is 6.07 Å². The van der Waals surface area contributed by atoms with E-state index in [2.05, 4.69) is 9.46 Å². The molecule has 0 fully saturated rings. The monoisotopic (exact) mass is 395 g/mol. The van der Waals surface area contributed by atoms with Crippen molar-refractivity contribution in [2.45, 2.75) is 15.0 Å². The van der Waals surface area contributed by atoms with Crippen molar-refractivity contribution in [1.29, 1.82) is 0 Å². The van der Waals surface area contributed by atoms with Gasteiger partial charge in [0, 0.05) is 17.7 Å². The topological polar surface area (TPSA) is 107 Å². The molecule has 2 aromatic rings. The third kappa shape index (κ3) is 4.38. The van der Waals surface area contributed by atoms with Gasteiger partial charge in [-0.2, -0.15) is 0 Å². The second-order valence-electron chi connectivity index (χ2n) is 4.43. The number of methoxy groups -OCH3 is 1. The van der Waals surface area contributed by atoms with Crippen LogP contribution in [0.5, 0.6) is 0 Å². The number of esters is 1. The minimum absolute atomic E-state index is 0.0159. The molecule has 0 aliphatic carbocycles. The van der Waals surface area contributed by atoms with Crippen LogP contribution in [0.2, 0.25) is 0 Å². The lowest BCUT2D eigenvalue weighted by Crippen LogP contribution is -2.21. The van der Waals surface area contributed by atoms with Crippen LogP contribution in [0, 0.1) is 0 Å². The van der Waals surface area contributed by atoms with Gasteiger partial charge in [0.2, 0.25) is 10.0 Å². The van der Waals surface area contributed by atoms with Gasteiger partial charge in [-0.25, -0.2) is 26.4 Å². The SMILES string of the molecule is COC(=O)c1ccc(S(=O)(=O)NCc2ccc(S(C)(=O)=O)s2)s1. The van der Waals surface area contributed by atoms with Crippen LogP contribution in [0.4, 0.5) is 0 Å². The summed E-state index contributed by atoms with van der Waals surface area (Å²) in [7, 11) is -5.88. The van der Waals surface area contributed by atoms with Crippen molar-refractivity contribution in [3.63, 3.8) is 0 Å². The van der Waals surface area contributed by atoms with Gasteiger partial charge in [-0.15, -0.1) is 22.7 Å². The molecule has 0 bridgehead atoms. The number of hydrogen-bond acceptors (Lipinski definition) is 8. The summed E-state index contributed by atoms with van der Waals surface area (Å²) in [5, 5.41) is 0. The fourth-order valence-electron chi connectivity index (χ4n) is 1.56. The van der Waals surface area contributed by atoms with Gasteiger partial charge >= 0.3 is 5.97 Å². The molecule has 0 spiro atoms. The standard InChI is InChI=1S/C12H13NO6S4/c1-19-12(14)9-4-6-11(21-9)23(17,18)13-7-8-3-5-10(20-8)22(2,15)16/h3-6,13H,7H2,1-2H3. The highest BCUT2D eigenvalue weighted by Crippen LogP contribution is 2.24. The Bertz CT molecular complexity index is 922. The first-order chi connectivity index (χ1) is 10.6. The quantitative estimate of drug-likeness (QED) is 0.743. The van der Waals surface area contributed by atoms with E-state index in [1.165, 1.54) is 25.3 Å². The molecule has 2 aromatic heterocycles. The van der Waals surface area contributed by atoms with E-state index >= 15 is 0 Å². The van der Waals surface area contributed by atoms with Crippen LogP contribution in [0.25, 0.3) is 0 Å². The summed E-state index contributed by atoms with van der Waals surface area (Å²) in [4.78, 5) is 12.1. The largest absolute Gasteiger partial charge is 0.465 e. The van der Waals surface area contributed by atoms with Crippen LogP contribution in [0.15, 0.2) is 32.7 Å². The highest BCUT2D eigenvalue weighted by molar-refractivity contribution is 7.92. The number of rotatable bonds is 6. The van der Waals surface area contributed by atoms with E-state index in [0.29, 0.717) is 4.88 Å². The van der Waals surface area contributed by atoms with Crippen molar-refractivity contribution in [2.75, 3.05) is 13.4 Å². The zero-order valence-corrected chi connectivity index (χ0v) is 15.4. The first-order valence-electron chi connectivity index (χ1n) is 6.10. The summed E-state index contributed by atoms with van der Waals surface area (Å²) < 4.78 is 54.2. The molecule has 2 rings (SSSR count). The maximum absolute atomic E-state index is 12.2. The molecule has 0 aromatic carbocycles. The third-order valence-corrected chi connectivity index (χ3v) is 8.54. The van der Waals surface area contributed by atoms with Gasteiger partial charge in [0.15, 0.2) is 9.84 Å². The maximum Gasteiger partial charge on any atom is 0.348 e. The molecule has 23 heavy (non-hydrogen) atoms. The Morgan fingerprint density at radius 3 is 2.30 bits per heavy atom. The summed E-state index contributed by atoms with van der Waals surface area (Å²) in [5.41, 5.74) is 0. The molecular weight excluding hydrogens is 382 g/mol. The van der Waals surface area contributed by atoms with Crippen LogP contribution in [0.3, 0.4) is 0 Å². The van der Waals surface area contributed by atoms with Gasteiger partial charge in [0.05, 0.1) is 7.11 Å². The Balaban J connectivity index is 2.11. The van der Waals surface area contributed by atoms with E-state index in [0.717, 1.165) is 28.9 Å². The molecule has 0 saturated heterocycles. The molecular formula is C12H13NO6S4. The van der Waals surface area contributed by atoms with Gasteiger partial charge in [0.1, 0.15) is 13.3 Å². The summed E-state index contributed by atoms with van der Waals surface area (Å²) in [6, 6.07) is 5.68. The molecule has 0 saturated carbocycles. The van der Waals surface area contributed by atoms with E-state index in [-0.39, 0.29) is 19.8 Å². The molecule has 2 heterocycles. The number of carbonyl (C=O) groups excluding carboxylic acids is 1. The fourth-order valence-corrected chi connectivity index (χ4v) is 5.85. The molecule has 0 radical (unpaired) electrons. The van der Waals surface area contributed by atoms with Gasteiger partial charge in [-0.1, -0.05) is 0 Å². The Kier molecular flexibility index (Phi) is 5.26. The molecule has 0 unspecified atom stereocenters. The highest BCUT2D eigenvalue weighted by Gasteiger charge is 2.20. The third-order valence-electron chi connectivity index (χ3n) is 2.67. The molecule has 0 aliphatic rings. The van der Waals surface area contributed by atoms with Gasteiger partial charge in [-0.05, 0) is 24.3 Å². The van der Waals surface area contributed by atoms with Crippen molar-refractivity contribution in [3.05, 3.63) is 34.0 Å². The molecule has 0 atom stereocenters. The highest BCUT2D eigenvalue weighted by atomic mass is 32.2. The number of nitrogens with one attached hydrogen (secondary N) is 1. The number of ether oxygens (including phenoxy) is 1. The minimum atomic E-state index is -3.79. The molecule has 11 heteroatoms. The van der Waals surface area contributed by atoms with Crippen LogP contribution >= 0.6 is 22.7 Å². The Labute approximate surface area is 141 Å². The summed E-state index contributed by atoms with van der Waals surface area (Å²) in [5.74, 6) is -0.604. The van der Waals surface area contributed by atoms with E-state index in [4.69, 9.17) is 0 Å². The Morgan fingerprint density at radius 2 is 1.74 bits per heavy atom. The van der Waals surface area contributed by atoms with Gasteiger partial charge in [0.25, 0.3) is 0 Å². The van der Waals surface area contributed by atoms with Crippen LogP contribution in [-0.2, 0) is 31.1 Å². The van der Waals surface area contributed by atoms with Crippen molar-refractivity contribution >= 4 is 48.5 Å². The first-order valence-corrected chi connectivity index (χ1v) is 11.1. The molecule has 7 nitrogen and oxygen atoms in total. The Morgan fingerprint density at radius 1 is 1.09 bits per heavy atom. The first kappa shape index (κ1) is 18.1. The fraction of sp³-hybridized carbons (Fsp3) is 0.250. The smallest absolute Gasteiger partial charge is 0.348 e. The van der Waals surface area contributed by atoms with E-state index in [9.17, 15) is 21.6 Å². The average Bonchev–Trinajstić information content (AvgIpc) is 3.13. The van der Waals surface area contributed by atoms with Gasteiger partial charge in [-0.3, -0.25) is 0 Å². The summed E-state index contributed by atoms with van der Waals surface area (Å²) in [6.07, 6.45) is 1.09. The molecule has 0 amide bonds. The summed E-state index contributed by atoms with van der Waals surface area (Å²) >= 11 is 1.80. The molecule has 126 valence electrons. The lowest BCUT2D eigenvalue weighted by atomic mass is 10.5. The predicted octanol–water partition coefficient (Wildman–Crippen LogP) is 1.48. The molecule has 1 N–H and O–H groups in total. The second kappa shape index (κ2) is 6.69.